The van der Waals surface area contributed by atoms with E-state index in [1.165, 1.54) is 18.2 Å². The molecular formula is C23H24F2N4O7. The number of ether oxygens (including phenoxy) is 2. The first kappa shape index (κ1) is 26.5. The number of amides is 2. The van der Waals surface area contributed by atoms with Gasteiger partial charge in [-0.1, -0.05) is 6.07 Å². The fourth-order valence-electron chi connectivity index (χ4n) is 3.63. The van der Waals surface area contributed by atoms with Gasteiger partial charge >= 0.3 is 12.6 Å². The predicted molar refractivity (Wildman–Crippen MR) is 123 cm³/mol. The lowest BCUT2D eigenvalue weighted by Gasteiger charge is -2.26. The van der Waals surface area contributed by atoms with E-state index in [-0.39, 0.29) is 17.1 Å². The molecule has 3 rings (SSSR count). The van der Waals surface area contributed by atoms with Crippen molar-refractivity contribution in [1.82, 2.24) is 5.32 Å². The van der Waals surface area contributed by atoms with Crippen LogP contribution in [0.15, 0.2) is 36.4 Å². The molecule has 1 aliphatic rings. The van der Waals surface area contributed by atoms with Gasteiger partial charge in [0.2, 0.25) is 5.91 Å². The predicted octanol–water partition coefficient (Wildman–Crippen LogP) is 1.22. The molecule has 0 aliphatic carbocycles. The average molecular weight is 506 g/mol. The Hall–Kier alpha value is -4.10. The highest BCUT2D eigenvalue weighted by molar-refractivity contribution is 6.04. The maximum atomic E-state index is 13.1. The van der Waals surface area contributed by atoms with Crippen LogP contribution in [-0.4, -0.2) is 66.8 Å². The number of esters is 1. The zero-order chi connectivity index (χ0) is 26.4. The third kappa shape index (κ3) is 5.93. The molecule has 0 saturated heterocycles. The number of aliphatic hydroxyl groups excluding tert-OH is 2. The lowest BCUT2D eigenvalue weighted by Crippen LogP contribution is -2.39. The van der Waals surface area contributed by atoms with Crippen LogP contribution in [0.3, 0.4) is 0 Å². The normalized spacial score (nSPS) is 13.0. The molecule has 1 atom stereocenters. The second kappa shape index (κ2) is 11.6. The largest absolute Gasteiger partial charge is 0.465 e. The van der Waals surface area contributed by atoms with E-state index in [1.54, 1.807) is 12.1 Å². The van der Waals surface area contributed by atoms with Gasteiger partial charge in [-0.2, -0.15) is 8.78 Å². The number of methoxy groups -OCH3 is 1. The summed E-state index contributed by atoms with van der Waals surface area (Å²) in [7, 11) is 1.04. The fourth-order valence-corrected chi connectivity index (χ4v) is 3.63. The molecule has 1 heterocycles. The van der Waals surface area contributed by atoms with Crippen molar-refractivity contribution in [2.45, 2.75) is 25.7 Å². The van der Waals surface area contributed by atoms with E-state index in [4.69, 9.17) is 5.41 Å². The Labute approximate surface area is 204 Å². The van der Waals surface area contributed by atoms with Crippen LogP contribution in [0.25, 0.3) is 0 Å². The van der Waals surface area contributed by atoms with Gasteiger partial charge in [0.25, 0.3) is 5.91 Å². The van der Waals surface area contributed by atoms with Gasteiger partial charge in [0.05, 0.1) is 25.8 Å². The highest BCUT2D eigenvalue weighted by atomic mass is 19.3. The van der Waals surface area contributed by atoms with Crippen molar-refractivity contribution in [3.8, 4) is 5.75 Å². The molecule has 0 unspecified atom stereocenters. The van der Waals surface area contributed by atoms with Gasteiger partial charge in [0, 0.05) is 24.3 Å². The highest BCUT2D eigenvalue weighted by Gasteiger charge is 2.29. The first-order chi connectivity index (χ1) is 17.2. The first-order valence-corrected chi connectivity index (χ1v) is 10.7. The second-order valence-corrected chi connectivity index (χ2v) is 7.60. The monoisotopic (exact) mass is 506 g/mol. The number of rotatable bonds is 10. The number of halogens is 2. The van der Waals surface area contributed by atoms with Crippen LogP contribution in [-0.2, 0) is 20.9 Å². The van der Waals surface area contributed by atoms with Crippen LogP contribution in [0.4, 0.5) is 20.2 Å². The SMILES string of the molecule is COC(=O)c1cccc(N(CCO)C(=O)C[C@@H](O)C(=O)Nc2ccc3c(c2)CNC3=N)c1OC(F)F. The molecule has 0 saturated carbocycles. The van der Waals surface area contributed by atoms with Gasteiger partial charge in [-0.3, -0.25) is 15.0 Å². The molecule has 36 heavy (non-hydrogen) atoms. The molecule has 0 bridgehead atoms. The maximum absolute atomic E-state index is 13.1. The number of alkyl halides is 2. The lowest BCUT2D eigenvalue weighted by atomic mass is 10.1. The van der Waals surface area contributed by atoms with E-state index in [0.29, 0.717) is 17.8 Å². The van der Waals surface area contributed by atoms with Crippen LogP contribution in [0.5, 0.6) is 5.75 Å². The molecule has 11 nitrogen and oxygen atoms in total. The van der Waals surface area contributed by atoms with Gasteiger partial charge in [-0.05, 0) is 35.9 Å². The van der Waals surface area contributed by atoms with Crippen molar-refractivity contribution in [1.29, 1.82) is 5.41 Å². The summed E-state index contributed by atoms with van der Waals surface area (Å²) >= 11 is 0. The summed E-state index contributed by atoms with van der Waals surface area (Å²) in [5.41, 5.74) is 1.13. The summed E-state index contributed by atoms with van der Waals surface area (Å²) in [5.74, 6) is -3.20. The molecule has 2 aromatic rings. The fraction of sp³-hybridized carbons (Fsp3) is 0.304. The van der Waals surface area contributed by atoms with Crippen LogP contribution >= 0.6 is 0 Å². The minimum absolute atomic E-state index is 0.254. The Bertz CT molecular complexity index is 1180. The number of hydrogen-bond donors (Lipinski definition) is 5. The number of hydrogen-bond acceptors (Lipinski definition) is 8. The summed E-state index contributed by atoms with van der Waals surface area (Å²) in [6.45, 7) is -3.93. The zero-order valence-corrected chi connectivity index (χ0v) is 19.1. The van der Waals surface area contributed by atoms with Gasteiger partial charge in [0.15, 0.2) is 5.75 Å². The molecule has 1 aliphatic heterocycles. The van der Waals surface area contributed by atoms with E-state index in [0.717, 1.165) is 23.6 Å². The number of nitrogens with one attached hydrogen (secondary N) is 3. The van der Waals surface area contributed by atoms with Gasteiger partial charge in [0.1, 0.15) is 17.5 Å². The number of nitrogens with zero attached hydrogens (tertiary/aromatic N) is 1. The Morgan fingerprint density at radius 2 is 2.00 bits per heavy atom. The van der Waals surface area contributed by atoms with Gasteiger partial charge in [-0.15, -0.1) is 0 Å². The Morgan fingerprint density at radius 1 is 1.25 bits per heavy atom. The van der Waals surface area contributed by atoms with E-state index < -0.39 is 55.8 Å². The van der Waals surface area contributed by atoms with Crippen LogP contribution in [0.1, 0.15) is 27.9 Å². The summed E-state index contributed by atoms with van der Waals surface area (Å²) < 4.78 is 35.2. The first-order valence-electron chi connectivity index (χ1n) is 10.7. The Balaban J connectivity index is 1.79. The topological polar surface area (TPSA) is 161 Å². The Morgan fingerprint density at radius 3 is 2.67 bits per heavy atom. The van der Waals surface area contributed by atoms with Crippen molar-refractivity contribution in [2.24, 2.45) is 0 Å². The molecule has 2 aromatic carbocycles. The zero-order valence-electron chi connectivity index (χ0n) is 19.1. The third-order valence-electron chi connectivity index (χ3n) is 5.29. The average Bonchev–Trinajstić information content (AvgIpc) is 3.21. The van der Waals surface area contributed by atoms with Gasteiger partial charge < -0.3 is 35.2 Å². The molecule has 192 valence electrons. The number of carbonyl (C=O) groups is 3. The van der Waals surface area contributed by atoms with Crippen molar-refractivity contribution in [3.05, 3.63) is 53.1 Å². The summed E-state index contributed by atoms with van der Waals surface area (Å²) in [4.78, 5) is 38.3. The molecule has 2 amide bonds. The third-order valence-corrected chi connectivity index (χ3v) is 5.29. The molecule has 0 aromatic heterocycles. The number of aliphatic hydroxyl groups is 2. The van der Waals surface area contributed by atoms with Crippen LogP contribution in [0.2, 0.25) is 0 Å². The number of benzene rings is 2. The van der Waals surface area contributed by atoms with Crippen LogP contribution in [0, 0.1) is 5.41 Å². The summed E-state index contributed by atoms with van der Waals surface area (Å²) in [6.07, 6.45) is -2.59. The smallest absolute Gasteiger partial charge is 0.387 e. The van der Waals surface area contributed by atoms with E-state index in [2.05, 4.69) is 20.1 Å². The molecule has 13 heteroatoms. The van der Waals surface area contributed by atoms with Crippen molar-refractivity contribution in [2.75, 3.05) is 30.5 Å². The molecule has 0 fully saturated rings. The van der Waals surface area contributed by atoms with Crippen LogP contribution < -0.4 is 20.3 Å². The summed E-state index contributed by atoms with van der Waals surface area (Å²) in [6, 6.07) is 8.46. The quantitative estimate of drug-likeness (QED) is 0.301. The minimum atomic E-state index is -3.34. The number of fused-ring (bicyclic) bond motifs is 1. The van der Waals surface area contributed by atoms with Crippen molar-refractivity contribution < 1.29 is 42.9 Å². The molecule has 0 spiro atoms. The summed E-state index contributed by atoms with van der Waals surface area (Å²) in [5, 5.41) is 32.9. The number of anilines is 2. The standard InChI is InChI=1S/C23H24F2N4O7/c1-35-22(34)15-3-2-4-16(19(15)36-23(24)25)29(7-8-30)18(32)10-17(31)21(33)28-13-5-6-14-12(9-13)11-27-20(14)26/h2-6,9,17,23,30-31H,7-8,10-11H2,1H3,(H2,26,27)(H,28,33)/t17-/m1/s1. The van der Waals surface area contributed by atoms with E-state index in [1.807, 2.05) is 0 Å². The van der Waals surface area contributed by atoms with E-state index in [9.17, 15) is 33.4 Å². The lowest BCUT2D eigenvalue weighted by molar-refractivity contribution is -0.130. The van der Waals surface area contributed by atoms with E-state index >= 15 is 0 Å². The van der Waals surface area contributed by atoms with Crippen molar-refractivity contribution in [3.63, 3.8) is 0 Å². The van der Waals surface area contributed by atoms with Crippen molar-refractivity contribution >= 4 is 35.0 Å². The number of carbonyl (C=O) groups excluding carboxylic acids is 3. The molecule has 0 radical (unpaired) electrons. The maximum Gasteiger partial charge on any atom is 0.387 e. The van der Waals surface area contributed by atoms with Gasteiger partial charge in [-0.25, -0.2) is 4.79 Å². The highest BCUT2D eigenvalue weighted by Crippen LogP contribution is 2.34. The molecular weight excluding hydrogens is 482 g/mol. The minimum Gasteiger partial charge on any atom is -0.465 e. The second-order valence-electron chi connectivity index (χ2n) is 7.60. The Kier molecular flexibility index (Phi) is 8.51. The molecule has 5 N–H and O–H groups in total. The number of amidine groups is 1. The number of para-hydroxylation sites is 1.